The van der Waals surface area contributed by atoms with Crippen LogP contribution in [-0.2, 0) is 13.0 Å². The summed E-state index contributed by atoms with van der Waals surface area (Å²) in [5.41, 5.74) is 7.50. The first-order valence-electron chi connectivity index (χ1n) is 12.3. The molecular weight excluding hydrogens is 505 g/mol. The number of aromatic nitrogens is 2. The third kappa shape index (κ3) is 4.18. The van der Waals surface area contributed by atoms with Gasteiger partial charge in [-0.3, -0.25) is 9.20 Å². The van der Waals surface area contributed by atoms with Crippen molar-refractivity contribution in [2.45, 2.75) is 25.8 Å². The lowest BCUT2D eigenvalue weighted by Crippen LogP contribution is -2.15. The monoisotopic (exact) mass is 529 g/mol. The molecule has 0 radical (unpaired) electrons. The minimum absolute atomic E-state index is 0.156. The molecule has 1 amide bonds. The molecule has 0 saturated carbocycles. The van der Waals surface area contributed by atoms with Gasteiger partial charge in [0.05, 0.1) is 22.8 Å². The van der Waals surface area contributed by atoms with Crippen LogP contribution in [0, 0.1) is 0 Å². The molecular formula is C30H25Cl2N3O2. The molecule has 6 rings (SSSR count). The van der Waals surface area contributed by atoms with Gasteiger partial charge in [0.1, 0.15) is 17.1 Å². The van der Waals surface area contributed by atoms with E-state index >= 15 is 0 Å². The van der Waals surface area contributed by atoms with Crippen LogP contribution in [0.5, 0.6) is 5.75 Å². The smallest absolute Gasteiger partial charge is 0.273 e. The van der Waals surface area contributed by atoms with Crippen molar-refractivity contribution in [1.29, 1.82) is 0 Å². The van der Waals surface area contributed by atoms with Crippen LogP contribution in [0.25, 0.3) is 28.0 Å². The van der Waals surface area contributed by atoms with E-state index in [1.54, 1.807) is 7.11 Å². The standard InChI is InChI=1S/C30H25Cl2N3O2/c1-37-22-13-10-19(11-14-22)27-23-9-5-6-16-34-26(20-12-15-24(31)25(32)17-20)18-35(30(23)34)28(27)29(36)33-21-7-3-2-4-8-21/h2-4,7-8,10-15,17-18H,5-6,9,16H2,1H3,(H,33,36). The summed E-state index contributed by atoms with van der Waals surface area (Å²) in [4.78, 5) is 13.9. The molecule has 5 nitrogen and oxygen atoms in total. The molecule has 0 atom stereocenters. The lowest BCUT2D eigenvalue weighted by atomic mass is 9.97. The van der Waals surface area contributed by atoms with Crippen molar-refractivity contribution < 1.29 is 9.53 Å². The van der Waals surface area contributed by atoms with Gasteiger partial charge in [0.15, 0.2) is 0 Å². The summed E-state index contributed by atoms with van der Waals surface area (Å²) in [5, 5.41) is 4.13. The van der Waals surface area contributed by atoms with Gasteiger partial charge in [0.2, 0.25) is 0 Å². The number of para-hydroxylation sites is 1. The van der Waals surface area contributed by atoms with Crippen molar-refractivity contribution in [2.75, 3.05) is 12.4 Å². The number of imidazole rings is 1. The number of halogens is 2. The molecule has 0 fully saturated rings. The third-order valence-corrected chi connectivity index (χ3v) is 7.71. The highest BCUT2D eigenvalue weighted by Crippen LogP contribution is 2.40. The average molecular weight is 530 g/mol. The van der Waals surface area contributed by atoms with E-state index in [0.29, 0.717) is 15.7 Å². The van der Waals surface area contributed by atoms with E-state index in [9.17, 15) is 4.79 Å². The van der Waals surface area contributed by atoms with Crippen LogP contribution in [0.2, 0.25) is 10.0 Å². The highest BCUT2D eigenvalue weighted by Gasteiger charge is 2.29. The molecule has 37 heavy (non-hydrogen) atoms. The predicted molar refractivity (Wildman–Crippen MR) is 150 cm³/mol. The Morgan fingerprint density at radius 1 is 0.919 bits per heavy atom. The fourth-order valence-corrected chi connectivity index (χ4v) is 5.57. The number of carbonyl (C=O) groups excluding carboxylic acids is 1. The Kier molecular flexibility index (Phi) is 6.19. The van der Waals surface area contributed by atoms with E-state index < -0.39 is 0 Å². The Labute approximate surface area is 225 Å². The number of amides is 1. The molecule has 0 saturated heterocycles. The van der Waals surface area contributed by atoms with E-state index in [4.69, 9.17) is 27.9 Å². The molecule has 1 aliphatic heterocycles. The van der Waals surface area contributed by atoms with Gasteiger partial charge in [-0.15, -0.1) is 0 Å². The van der Waals surface area contributed by atoms with Gasteiger partial charge in [-0.2, -0.15) is 0 Å². The maximum atomic E-state index is 13.9. The van der Waals surface area contributed by atoms with Crippen LogP contribution in [0.3, 0.4) is 0 Å². The fraction of sp³-hybridized carbons (Fsp3) is 0.167. The van der Waals surface area contributed by atoms with Gasteiger partial charge in [-0.1, -0.05) is 59.6 Å². The number of rotatable bonds is 5. The number of hydrogen-bond donors (Lipinski definition) is 1. The van der Waals surface area contributed by atoms with Gasteiger partial charge in [-0.05, 0) is 61.2 Å². The van der Waals surface area contributed by atoms with Crippen LogP contribution in [0.4, 0.5) is 5.69 Å². The number of anilines is 1. The maximum Gasteiger partial charge on any atom is 0.273 e. The summed E-state index contributed by atoms with van der Waals surface area (Å²) in [5.74, 6) is 0.622. The Balaban J connectivity index is 1.61. The molecule has 3 heterocycles. The van der Waals surface area contributed by atoms with Gasteiger partial charge < -0.3 is 14.6 Å². The van der Waals surface area contributed by atoms with Crippen molar-refractivity contribution in [2.24, 2.45) is 0 Å². The molecule has 3 aromatic carbocycles. The quantitative estimate of drug-likeness (QED) is 0.251. The topological polar surface area (TPSA) is 47.7 Å². The minimum Gasteiger partial charge on any atom is -0.497 e. The van der Waals surface area contributed by atoms with Crippen LogP contribution in [0.1, 0.15) is 28.9 Å². The molecule has 5 aromatic rings. The zero-order valence-corrected chi connectivity index (χ0v) is 21.8. The summed E-state index contributed by atoms with van der Waals surface area (Å²) >= 11 is 12.6. The van der Waals surface area contributed by atoms with E-state index in [1.165, 1.54) is 5.56 Å². The second-order valence-corrected chi connectivity index (χ2v) is 10.0. The van der Waals surface area contributed by atoms with Crippen LogP contribution in [0.15, 0.2) is 79.0 Å². The van der Waals surface area contributed by atoms with E-state index in [-0.39, 0.29) is 5.91 Å². The Morgan fingerprint density at radius 2 is 1.68 bits per heavy atom. The summed E-state index contributed by atoms with van der Waals surface area (Å²) in [6.45, 7) is 0.852. The summed E-state index contributed by atoms with van der Waals surface area (Å²) in [6.07, 6.45) is 5.01. The van der Waals surface area contributed by atoms with Crippen LogP contribution in [-0.4, -0.2) is 22.0 Å². The number of carbonyl (C=O) groups is 1. The third-order valence-electron chi connectivity index (χ3n) is 6.97. The maximum absolute atomic E-state index is 13.9. The predicted octanol–water partition coefficient (Wildman–Crippen LogP) is 7.98. The number of nitrogens with one attached hydrogen (secondary N) is 1. The second-order valence-electron chi connectivity index (χ2n) is 9.20. The lowest BCUT2D eigenvalue weighted by molar-refractivity contribution is 0.102. The summed E-state index contributed by atoms with van der Waals surface area (Å²) in [7, 11) is 1.65. The molecule has 0 bridgehead atoms. The molecule has 1 aliphatic rings. The van der Waals surface area contributed by atoms with Crippen LogP contribution >= 0.6 is 23.2 Å². The Bertz CT molecular complexity index is 1620. The van der Waals surface area contributed by atoms with Crippen LogP contribution < -0.4 is 10.1 Å². The van der Waals surface area contributed by atoms with Crippen molar-refractivity contribution in [3.05, 3.63) is 100 Å². The molecule has 7 heteroatoms. The number of benzene rings is 3. The molecule has 2 aromatic heterocycles. The van der Waals surface area contributed by atoms with E-state index in [1.807, 2.05) is 72.8 Å². The molecule has 0 spiro atoms. The van der Waals surface area contributed by atoms with Crippen molar-refractivity contribution >= 4 is 40.4 Å². The zero-order valence-electron chi connectivity index (χ0n) is 20.3. The molecule has 1 N–H and O–H groups in total. The normalized spacial score (nSPS) is 12.9. The first-order chi connectivity index (χ1) is 18.0. The fourth-order valence-electron chi connectivity index (χ4n) is 5.28. The first kappa shape index (κ1) is 23.7. The summed E-state index contributed by atoms with van der Waals surface area (Å²) < 4.78 is 9.75. The lowest BCUT2D eigenvalue weighted by Gasteiger charge is -2.11. The van der Waals surface area contributed by atoms with E-state index in [2.05, 4.69) is 20.5 Å². The number of aryl methyl sites for hydroxylation is 2. The number of methoxy groups -OCH3 is 1. The van der Waals surface area contributed by atoms with Gasteiger partial charge in [-0.25, -0.2) is 0 Å². The number of hydrogen-bond acceptors (Lipinski definition) is 2. The first-order valence-corrected chi connectivity index (χ1v) is 13.0. The van der Waals surface area contributed by atoms with Crippen molar-refractivity contribution in [1.82, 2.24) is 8.97 Å². The Hall–Kier alpha value is -3.67. The van der Waals surface area contributed by atoms with Crippen molar-refractivity contribution in [3.63, 3.8) is 0 Å². The summed E-state index contributed by atoms with van der Waals surface area (Å²) in [6, 6.07) is 23.2. The minimum atomic E-state index is -0.156. The second kappa shape index (κ2) is 9.66. The number of nitrogens with zero attached hydrogens (tertiary/aromatic N) is 2. The van der Waals surface area contributed by atoms with Gasteiger partial charge in [0, 0.05) is 35.1 Å². The van der Waals surface area contributed by atoms with Gasteiger partial charge >= 0.3 is 0 Å². The molecule has 186 valence electrons. The largest absolute Gasteiger partial charge is 0.497 e. The average Bonchev–Trinajstić information content (AvgIpc) is 3.34. The molecule has 0 unspecified atom stereocenters. The van der Waals surface area contributed by atoms with Gasteiger partial charge in [0.25, 0.3) is 5.91 Å². The SMILES string of the molecule is COc1ccc(-c2c3c4n(c(-c5ccc(Cl)c(Cl)c5)cn4c2C(=O)Nc2ccccc2)CCCC3)cc1. The number of ether oxygens (including phenoxy) is 1. The zero-order chi connectivity index (χ0) is 25.5. The highest BCUT2D eigenvalue weighted by atomic mass is 35.5. The van der Waals surface area contributed by atoms with Crippen molar-refractivity contribution in [3.8, 4) is 28.1 Å². The highest BCUT2D eigenvalue weighted by molar-refractivity contribution is 6.42. The Morgan fingerprint density at radius 3 is 2.41 bits per heavy atom. The van der Waals surface area contributed by atoms with E-state index in [0.717, 1.165) is 65.3 Å². The molecule has 0 aliphatic carbocycles.